The molecule has 3 rings (SSSR count). The minimum absolute atomic E-state index is 0.150. The van der Waals surface area contributed by atoms with Gasteiger partial charge in [-0.25, -0.2) is 0 Å². The first-order chi connectivity index (χ1) is 11.3. The van der Waals surface area contributed by atoms with Gasteiger partial charge >= 0.3 is 0 Å². The van der Waals surface area contributed by atoms with Crippen LogP contribution in [-0.2, 0) is 17.8 Å². The van der Waals surface area contributed by atoms with Crippen molar-refractivity contribution in [1.82, 2.24) is 10.2 Å². The van der Waals surface area contributed by atoms with Gasteiger partial charge in [-0.1, -0.05) is 60.7 Å². The standard InChI is InChI=1S/C20H24N2O/c23-20(21-19-11-12-19)16-22(15-18-9-5-2-6-10-18)14-13-17-7-3-1-4-8-17/h1-10,19H,11-16H2,(H,21,23). The Morgan fingerprint density at radius 1 is 0.957 bits per heavy atom. The Morgan fingerprint density at radius 2 is 1.57 bits per heavy atom. The van der Waals surface area contributed by atoms with Gasteiger partial charge in [-0.3, -0.25) is 9.69 Å². The normalized spacial score (nSPS) is 14.0. The van der Waals surface area contributed by atoms with Crippen molar-refractivity contribution in [3.05, 3.63) is 71.8 Å². The van der Waals surface area contributed by atoms with Gasteiger partial charge in [0.15, 0.2) is 0 Å². The van der Waals surface area contributed by atoms with E-state index in [-0.39, 0.29) is 5.91 Å². The summed E-state index contributed by atoms with van der Waals surface area (Å²) in [6.07, 6.45) is 3.23. The summed E-state index contributed by atoms with van der Waals surface area (Å²) in [4.78, 5) is 14.4. The summed E-state index contributed by atoms with van der Waals surface area (Å²) in [7, 11) is 0. The summed E-state index contributed by atoms with van der Waals surface area (Å²) in [5, 5.41) is 3.09. The fraction of sp³-hybridized carbons (Fsp3) is 0.350. The summed E-state index contributed by atoms with van der Waals surface area (Å²) in [5.74, 6) is 0.150. The maximum Gasteiger partial charge on any atom is 0.234 e. The monoisotopic (exact) mass is 308 g/mol. The van der Waals surface area contributed by atoms with Gasteiger partial charge in [0, 0.05) is 19.1 Å². The van der Waals surface area contributed by atoms with Gasteiger partial charge in [0.25, 0.3) is 0 Å². The van der Waals surface area contributed by atoms with Crippen LogP contribution >= 0.6 is 0 Å². The van der Waals surface area contributed by atoms with Gasteiger partial charge < -0.3 is 5.32 Å². The van der Waals surface area contributed by atoms with Crippen molar-refractivity contribution in [2.45, 2.75) is 31.8 Å². The second-order valence-electron chi connectivity index (χ2n) is 6.27. The number of hydrogen-bond donors (Lipinski definition) is 1. The third-order valence-electron chi connectivity index (χ3n) is 4.12. The van der Waals surface area contributed by atoms with Crippen LogP contribution in [0.15, 0.2) is 60.7 Å². The lowest BCUT2D eigenvalue weighted by Gasteiger charge is -2.22. The van der Waals surface area contributed by atoms with E-state index in [1.165, 1.54) is 11.1 Å². The second-order valence-corrected chi connectivity index (χ2v) is 6.27. The van der Waals surface area contributed by atoms with Gasteiger partial charge in [0.05, 0.1) is 6.54 Å². The summed E-state index contributed by atoms with van der Waals surface area (Å²) in [5.41, 5.74) is 2.56. The van der Waals surface area contributed by atoms with Gasteiger partial charge in [-0.2, -0.15) is 0 Å². The molecule has 2 aromatic rings. The molecule has 0 bridgehead atoms. The maximum atomic E-state index is 12.2. The Hall–Kier alpha value is -2.13. The van der Waals surface area contributed by atoms with E-state index in [4.69, 9.17) is 0 Å². The summed E-state index contributed by atoms with van der Waals surface area (Å²) < 4.78 is 0. The Morgan fingerprint density at radius 3 is 2.17 bits per heavy atom. The van der Waals surface area contributed by atoms with Crippen LogP contribution in [0, 0.1) is 0 Å². The zero-order valence-electron chi connectivity index (χ0n) is 13.4. The van der Waals surface area contributed by atoms with E-state index in [1.807, 2.05) is 12.1 Å². The van der Waals surface area contributed by atoms with Crippen molar-refractivity contribution >= 4 is 5.91 Å². The van der Waals surface area contributed by atoms with Crippen LogP contribution in [0.5, 0.6) is 0 Å². The van der Waals surface area contributed by atoms with Gasteiger partial charge in [-0.05, 0) is 30.4 Å². The predicted molar refractivity (Wildman–Crippen MR) is 93.0 cm³/mol. The van der Waals surface area contributed by atoms with Crippen molar-refractivity contribution in [1.29, 1.82) is 0 Å². The predicted octanol–water partition coefficient (Wildman–Crippen LogP) is 3.01. The Labute approximate surface area is 138 Å². The molecule has 1 aliphatic carbocycles. The van der Waals surface area contributed by atoms with E-state index in [2.05, 4.69) is 58.7 Å². The molecule has 0 spiro atoms. The first-order valence-electron chi connectivity index (χ1n) is 8.39. The lowest BCUT2D eigenvalue weighted by atomic mass is 10.1. The van der Waals surface area contributed by atoms with Crippen LogP contribution in [0.4, 0.5) is 0 Å². The summed E-state index contributed by atoms with van der Waals surface area (Å²) >= 11 is 0. The Kier molecular flexibility index (Phi) is 5.43. The first kappa shape index (κ1) is 15.8. The highest BCUT2D eigenvalue weighted by atomic mass is 16.2. The van der Waals surface area contributed by atoms with E-state index < -0.39 is 0 Å². The van der Waals surface area contributed by atoms with Crippen molar-refractivity contribution in [2.24, 2.45) is 0 Å². The van der Waals surface area contributed by atoms with Crippen LogP contribution < -0.4 is 5.32 Å². The topological polar surface area (TPSA) is 32.3 Å². The highest BCUT2D eigenvalue weighted by Gasteiger charge is 2.24. The SMILES string of the molecule is O=C(CN(CCc1ccccc1)Cc1ccccc1)NC1CC1. The van der Waals surface area contributed by atoms with E-state index in [0.29, 0.717) is 12.6 Å². The van der Waals surface area contributed by atoms with E-state index >= 15 is 0 Å². The first-order valence-corrected chi connectivity index (χ1v) is 8.39. The molecule has 0 heterocycles. The molecular weight excluding hydrogens is 284 g/mol. The fourth-order valence-corrected chi connectivity index (χ4v) is 2.69. The van der Waals surface area contributed by atoms with Crippen LogP contribution in [0.3, 0.4) is 0 Å². The summed E-state index contributed by atoms with van der Waals surface area (Å²) in [6, 6.07) is 21.2. The van der Waals surface area contributed by atoms with Gasteiger partial charge in [-0.15, -0.1) is 0 Å². The Bertz CT molecular complexity index is 608. The molecule has 1 aliphatic rings. The van der Waals surface area contributed by atoms with Crippen molar-refractivity contribution in [3.8, 4) is 0 Å². The molecule has 1 saturated carbocycles. The van der Waals surface area contributed by atoms with Crippen LogP contribution in [0.1, 0.15) is 24.0 Å². The van der Waals surface area contributed by atoms with E-state index in [0.717, 1.165) is 32.4 Å². The van der Waals surface area contributed by atoms with Crippen molar-refractivity contribution in [2.75, 3.05) is 13.1 Å². The lowest BCUT2D eigenvalue weighted by molar-refractivity contribution is -0.122. The quantitative estimate of drug-likeness (QED) is 0.813. The lowest BCUT2D eigenvalue weighted by Crippen LogP contribution is -2.38. The third kappa shape index (κ3) is 5.53. The van der Waals surface area contributed by atoms with E-state index in [9.17, 15) is 4.79 Å². The molecule has 1 amide bonds. The maximum absolute atomic E-state index is 12.2. The largest absolute Gasteiger partial charge is 0.352 e. The molecule has 2 aromatic carbocycles. The molecule has 1 N–H and O–H groups in total. The molecule has 3 heteroatoms. The molecule has 0 radical (unpaired) electrons. The highest BCUT2D eigenvalue weighted by molar-refractivity contribution is 5.78. The number of benzene rings is 2. The average molecular weight is 308 g/mol. The zero-order chi connectivity index (χ0) is 15.9. The molecule has 0 unspecified atom stereocenters. The third-order valence-corrected chi connectivity index (χ3v) is 4.12. The average Bonchev–Trinajstić information content (AvgIpc) is 3.38. The molecule has 23 heavy (non-hydrogen) atoms. The Balaban J connectivity index is 1.58. The van der Waals surface area contributed by atoms with Gasteiger partial charge in [0.2, 0.25) is 5.91 Å². The smallest absolute Gasteiger partial charge is 0.234 e. The van der Waals surface area contributed by atoms with E-state index in [1.54, 1.807) is 0 Å². The van der Waals surface area contributed by atoms with Gasteiger partial charge in [0.1, 0.15) is 0 Å². The van der Waals surface area contributed by atoms with Crippen LogP contribution in [0.2, 0.25) is 0 Å². The molecule has 0 aromatic heterocycles. The number of carbonyl (C=O) groups excluding carboxylic acids is 1. The second kappa shape index (κ2) is 7.93. The number of nitrogens with one attached hydrogen (secondary N) is 1. The molecule has 1 fully saturated rings. The minimum Gasteiger partial charge on any atom is -0.352 e. The molecule has 0 aliphatic heterocycles. The molecule has 120 valence electrons. The zero-order valence-corrected chi connectivity index (χ0v) is 13.4. The number of amides is 1. The van der Waals surface area contributed by atoms with Crippen molar-refractivity contribution in [3.63, 3.8) is 0 Å². The fourth-order valence-electron chi connectivity index (χ4n) is 2.69. The number of rotatable bonds is 8. The summed E-state index contributed by atoms with van der Waals surface area (Å²) in [6.45, 7) is 2.17. The molecule has 0 atom stereocenters. The highest BCUT2D eigenvalue weighted by Crippen LogP contribution is 2.18. The number of nitrogens with zero attached hydrogens (tertiary/aromatic N) is 1. The minimum atomic E-state index is 0.150. The van der Waals surface area contributed by atoms with Crippen LogP contribution in [-0.4, -0.2) is 29.9 Å². The van der Waals surface area contributed by atoms with Crippen molar-refractivity contribution < 1.29 is 4.79 Å². The van der Waals surface area contributed by atoms with Crippen LogP contribution in [0.25, 0.3) is 0 Å². The molecule has 0 saturated heterocycles. The number of carbonyl (C=O) groups is 1. The molecular formula is C20H24N2O. The number of hydrogen-bond acceptors (Lipinski definition) is 2. The molecule has 3 nitrogen and oxygen atoms in total.